The van der Waals surface area contributed by atoms with Gasteiger partial charge in [-0.05, 0) is 24.3 Å². The molecule has 2 aliphatic heterocycles. The molecule has 1 N–H and O–H groups in total. The Balaban J connectivity index is 1.57. The maximum atomic E-state index is 12.6. The number of ether oxygens (including phenoxy) is 3. The van der Waals surface area contributed by atoms with Crippen molar-refractivity contribution in [2.24, 2.45) is 0 Å². The highest BCUT2D eigenvalue weighted by atomic mass is 32.2. The smallest absolute Gasteiger partial charge is 0.267 e. The Morgan fingerprint density at radius 1 is 1.12 bits per heavy atom. The van der Waals surface area contributed by atoms with E-state index in [4.69, 9.17) is 14.2 Å². The predicted molar refractivity (Wildman–Crippen MR) is 94.2 cm³/mol. The molecule has 0 aliphatic carbocycles. The fraction of sp³-hybridized carbons (Fsp3) is 0.235. The fourth-order valence-corrected chi connectivity index (χ4v) is 3.76. The maximum absolute atomic E-state index is 12.6. The van der Waals surface area contributed by atoms with Crippen molar-refractivity contribution in [1.29, 1.82) is 0 Å². The molecule has 8 nitrogen and oxygen atoms in total. The van der Waals surface area contributed by atoms with E-state index in [2.05, 4.69) is 5.32 Å². The van der Waals surface area contributed by atoms with Crippen molar-refractivity contribution in [3.8, 4) is 17.2 Å². The second-order valence-electron chi connectivity index (χ2n) is 5.93. The first-order valence-corrected chi connectivity index (χ1v) is 9.70. The third-order valence-corrected chi connectivity index (χ3v) is 5.21. The van der Waals surface area contributed by atoms with Crippen molar-refractivity contribution < 1.29 is 27.4 Å². The van der Waals surface area contributed by atoms with E-state index in [9.17, 15) is 13.2 Å². The number of para-hydroxylation sites is 2. The molecule has 1 atom stereocenters. The molecule has 0 radical (unpaired) electrons. The van der Waals surface area contributed by atoms with Gasteiger partial charge in [0, 0.05) is 11.8 Å². The number of fused-ring (bicyclic) bond motifs is 2. The van der Waals surface area contributed by atoms with Crippen LogP contribution in [0.25, 0.3) is 0 Å². The first-order valence-electron chi connectivity index (χ1n) is 7.86. The number of nitrogens with one attached hydrogen (secondary N) is 1. The van der Waals surface area contributed by atoms with Crippen LogP contribution in [-0.2, 0) is 14.8 Å². The van der Waals surface area contributed by atoms with Crippen LogP contribution in [-0.4, -0.2) is 40.0 Å². The van der Waals surface area contributed by atoms with Crippen molar-refractivity contribution in [1.82, 2.24) is 0 Å². The lowest BCUT2D eigenvalue weighted by Crippen LogP contribution is -2.48. The summed E-state index contributed by atoms with van der Waals surface area (Å²) in [6.45, 7) is 0.0325. The van der Waals surface area contributed by atoms with E-state index in [0.29, 0.717) is 28.6 Å². The third kappa shape index (κ3) is 3.01. The summed E-state index contributed by atoms with van der Waals surface area (Å²) < 4.78 is 41.6. The lowest BCUT2D eigenvalue weighted by molar-refractivity contribution is -0.122. The van der Waals surface area contributed by atoms with Gasteiger partial charge in [0.15, 0.2) is 17.6 Å². The summed E-state index contributed by atoms with van der Waals surface area (Å²) in [5, 5.41) is 2.72. The summed E-state index contributed by atoms with van der Waals surface area (Å²) in [6.07, 6.45) is 0.118. The average Bonchev–Trinajstić information content (AvgIpc) is 3.07. The van der Waals surface area contributed by atoms with Gasteiger partial charge in [0.25, 0.3) is 5.91 Å². The van der Waals surface area contributed by atoms with Crippen molar-refractivity contribution in [2.45, 2.75) is 6.10 Å². The summed E-state index contributed by atoms with van der Waals surface area (Å²) in [6, 6.07) is 11.7. The van der Waals surface area contributed by atoms with Crippen molar-refractivity contribution in [3.05, 3.63) is 42.5 Å². The lowest BCUT2D eigenvalue weighted by atomic mass is 10.2. The number of carbonyl (C=O) groups is 1. The van der Waals surface area contributed by atoms with Crippen LogP contribution in [0.1, 0.15) is 0 Å². The van der Waals surface area contributed by atoms with E-state index in [-0.39, 0.29) is 13.3 Å². The minimum atomic E-state index is -3.55. The predicted octanol–water partition coefficient (Wildman–Crippen LogP) is 1.58. The molecule has 0 unspecified atom stereocenters. The van der Waals surface area contributed by atoms with Gasteiger partial charge in [-0.3, -0.25) is 9.10 Å². The average molecular weight is 376 g/mol. The fourth-order valence-electron chi connectivity index (χ4n) is 2.85. The van der Waals surface area contributed by atoms with Crippen molar-refractivity contribution >= 4 is 27.3 Å². The molecule has 2 heterocycles. The summed E-state index contributed by atoms with van der Waals surface area (Å²) in [5.74, 6) is 1.03. The van der Waals surface area contributed by atoms with E-state index in [0.717, 1.165) is 6.26 Å². The number of benzene rings is 2. The van der Waals surface area contributed by atoms with E-state index >= 15 is 0 Å². The molecule has 0 aromatic heterocycles. The minimum Gasteiger partial charge on any atom is -0.476 e. The SMILES string of the molecule is CS(=O)(=O)N1C[C@H](C(=O)Nc2ccc3c(c2)OCO3)Oc2ccccc21. The molecule has 26 heavy (non-hydrogen) atoms. The Hall–Kier alpha value is -2.94. The number of rotatable bonds is 3. The molecule has 0 spiro atoms. The molecule has 9 heteroatoms. The monoisotopic (exact) mass is 376 g/mol. The molecule has 2 aromatic carbocycles. The zero-order chi connectivity index (χ0) is 18.3. The first-order chi connectivity index (χ1) is 12.4. The van der Waals surface area contributed by atoms with Gasteiger partial charge >= 0.3 is 0 Å². The number of hydrogen-bond acceptors (Lipinski definition) is 6. The second-order valence-corrected chi connectivity index (χ2v) is 7.83. The molecule has 0 bridgehead atoms. The highest BCUT2D eigenvalue weighted by molar-refractivity contribution is 7.92. The van der Waals surface area contributed by atoms with Gasteiger partial charge in [-0.2, -0.15) is 0 Å². The molecule has 0 fully saturated rings. The van der Waals surface area contributed by atoms with E-state index < -0.39 is 22.0 Å². The number of sulfonamides is 1. The Labute approximate surface area is 150 Å². The number of anilines is 2. The van der Waals surface area contributed by atoms with Crippen LogP contribution in [0.2, 0.25) is 0 Å². The maximum Gasteiger partial charge on any atom is 0.267 e. The molecular weight excluding hydrogens is 360 g/mol. The molecular formula is C17H16N2O6S. The molecule has 2 aliphatic rings. The zero-order valence-electron chi connectivity index (χ0n) is 13.8. The van der Waals surface area contributed by atoms with Gasteiger partial charge in [0.1, 0.15) is 5.75 Å². The number of amides is 1. The van der Waals surface area contributed by atoms with Crippen molar-refractivity contribution in [2.75, 3.05) is 29.2 Å². The van der Waals surface area contributed by atoms with Crippen LogP contribution in [0.3, 0.4) is 0 Å². The quantitative estimate of drug-likeness (QED) is 0.874. The number of hydrogen-bond donors (Lipinski definition) is 1. The van der Waals surface area contributed by atoms with E-state index in [1.165, 1.54) is 4.31 Å². The largest absolute Gasteiger partial charge is 0.476 e. The third-order valence-electron chi connectivity index (χ3n) is 4.07. The summed E-state index contributed by atoms with van der Waals surface area (Å²) in [5.41, 5.74) is 0.926. The molecule has 2 aromatic rings. The highest BCUT2D eigenvalue weighted by Crippen LogP contribution is 2.36. The van der Waals surface area contributed by atoms with Gasteiger partial charge in [0.2, 0.25) is 16.8 Å². The number of nitrogens with zero attached hydrogens (tertiary/aromatic N) is 1. The van der Waals surface area contributed by atoms with Crippen LogP contribution < -0.4 is 23.8 Å². The van der Waals surface area contributed by atoms with E-state index in [1.54, 1.807) is 42.5 Å². The molecule has 4 rings (SSSR count). The Bertz CT molecular complexity index is 975. The minimum absolute atomic E-state index is 0.105. The topological polar surface area (TPSA) is 94.2 Å². The molecule has 0 saturated heterocycles. The van der Waals surface area contributed by atoms with Crippen LogP contribution in [0.5, 0.6) is 17.2 Å². The summed E-state index contributed by atoms with van der Waals surface area (Å²) >= 11 is 0. The standard InChI is InChI=1S/C17H16N2O6S/c1-26(21,22)19-9-16(25-13-5-3-2-4-12(13)19)17(20)18-11-6-7-14-15(8-11)24-10-23-14/h2-8,16H,9-10H2,1H3,(H,18,20)/t16-/m1/s1. The van der Waals surface area contributed by atoms with Gasteiger partial charge in [-0.15, -0.1) is 0 Å². The van der Waals surface area contributed by atoms with Crippen LogP contribution in [0, 0.1) is 0 Å². The van der Waals surface area contributed by atoms with Crippen molar-refractivity contribution in [3.63, 3.8) is 0 Å². The Morgan fingerprint density at radius 3 is 2.69 bits per heavy atom. The van der Waals surface area contributed by atoms with Gasteiger partial charge in [0.05, 0.1) is 18.5 Å². The molecule has 0 saturated carbocycles. The summed E-state index contributed by atoms with van der Waals surface area (Å²) in [4.78, 5) is 12.6. The highest BCUT2D eigenvalue weighted by Gasteiger charge is 2.35. The Kier molecular flexibility index (Phi) is 3.87. The van der Waals surface area contributed by atoms with Gasteiger partial charge in [-0.1, -0.05) is 12.1 Å². The lowest BCUT2D eigenvalue weighted by Gasteiger charge is -2.33. The first kappa shape index (κ1) is 16.5. The van der Waals surface area contributed by atoms with Crippen LogP contribution in [0.4, 0.5) is 11.4 Å². The number of carbonyl (C=O) groups excluding carboxylic acids is 1. The second kappa shape index (κ2) is 6.10. The normalized spacial score (nSPS) is 18.0. The summed E-state index contributed by atoms with van der Waals surface area (Å²) in [7, 11) is -3.55. The van der Waals surface area contributed by atoms with Crippen LogP contribution >= 0.6 is 0 Å². The van der Waals surface area contributed by atoms with Crippen LogP contribution in [0.15, 0.2) is 42.5 Å². The van der Waals surface area contributed by atoms with Gasteiger partial charge in [-0.25, -0.2) is 8.42 Å². The van der Waals surface area contributed by atoms with E-state index in [1.807, 2.05) is 0 Å². The zero-order valence-corrected chi connectivity index (χ0v) is 14.7. The molecule has 136 valence electrons. The molecule has 1 amide bonds. The van der Waals surface area contributed by atoms with Gasteiger partial charge < -0.3 is 19.5 Å². The Morgan fingerprint density at radius 2 is 1.88 bits per heavy atom.